The molecule has 178 valence electrons. The summed E-state index contributed by atoms with van der Waals surface area (Å²) in [7, 11) is -3.67. The highest BCUT2D eigenvalue weighted by atomic mass is 32.2. The summed E-state index contributed by atoms with van der Waals surface area (Å²) in [6.45, 7) is 5.61. The number of rotatable bonds is 9. The molecule has 0 aliphatic carbocycles. The van der Waals surface area contributed by atoms with Gasteiger partial charge in [0.2, 0.25) is 15.9 Å². The number of amides is 1. The normalized spacial score (nSPS) is 15.9. The Labute approximate surface area is 195 Å². The predicted octanol–water partition coefficient (Wildman–Crippen LogP) is 2.53. The maximum atomic E-state index is 12.8. The standard InChI is InChI=1S/C24H31N3O5S/c1-2-33(29,30)27(21-8-9-22-23(15-21)32-13-12-31-22)18-24(28)25-16-19-6-5-7-20(14-19)17-26-10-3-4-11-26/h5-9,14-15H,2-4,10-13,16-18H2,1H3,(H,25,28). The van der Waals surface area contributed by atoms with E-state index < -0.39 is 10.0 Å². The van der Waals surface area contributed by atoms with Gasteiger partial charge in [0.15, 0.2) is 11.5 Å². The Balaban J connectivity index is 1.41. The molecule has 2 aromatic rings. The van der Waals surface area contributed by atoms with Gasteiger partial charge in [-0.25, -0.2) is 8.42 Å². The van der Waals surface area contributed by atoms with Crippen molar-refractivity contribution in [3.05, 3.63) is 53.6 Å². The van der Waals surface area contributed by atoms with E-state index in [1.807, 2.05) is 12.1 Å². The van der Waals surface area contributed by atoms with Crippen LogP contribution in [-0.4, -0.2) is 57.8 Å². The zero-order valence-corrected chi connectivity index (χ0v) is 19.8. The topological polar surface area (TPSA) is 88.2 Å². The van der Waals surface area contributed by atoms with Gasteiger partial charge in [-0.3, -0.25) is 14.0 Å². The smallest absolute Gasteiger partial charge is 0.241 e. The van der Waals surface area contributed by atoms with Crippen molar-refractivity contribution in [2.45, 2.75) is 32.9 Å². The molecule has 8 nitrogen and oxygen atoms in total. The highest BCUT2D eigenvalue weighted by Crippen LogP contribution is 2.34. The average molecular weight is 474 g/mol. The van der Waals surface area contributed by atoms with Gasteiger partial charge in [-0.1, -0.05) is 24.3 Å². The quantitative estimate of drug-likeness (QED) is 0.602. The van der Waals surface area contributed by atoms with Gasteiger partial charge in [0.05, 0.1) is 11.4 Å². The van der Waals surface area contributed by atoms with E-state index in [2.05, 4.69) is 22.3 Å². The summed E-state index contributed by atoms with van der Waals surface area (Å²) >= 11 is 0. The van der Waals surface area contributed by atoms with E-state index in [-0.39, 0.29) is 18.2 Å². The minimum Gasteiger partial charge on any atom is -0.486 e. The van der Waals surface area contributed by atoms with Crippen LogP contribution in [0.25, 0.3) is 0 Å². The highest BCUT2D eigenvalue weighted by Gasteiger charge is 2.25. The summed E-state index contributed by atoms with van der Waals surface area (Å²) in [5.74, 6) is 0.557. The Morgan fingerprint density at radius 1 is 1.03 bits per heavy atom. The average Bonchev–Trinajstić information content (AvgIpc) is 3.34. The number of anilines is 1. The molecular weight excluding hydrogens is 442 g/mol. The third-order valence-corrected chi connectivity index (χ3v) is 7.63. The summed E-state index contributed by atoms with van der Waals surface area (Å²) in [6.07, 6.45) is 2.49. The number of ether oxygens (including phenoxy) is 2. The summed E-state index contributed by atoms with van der Waals surface area (Å²) in [5, 5.41) is 2.86. The zero-order chi connectivity index (χ0) is 23.3. The van der Waals surface area contributed by atoms with Crippen LogP contribution < -0.4 is 19.1 Å². The monoisotopic (exact) mass is 473 g/mol. The lowest BCUT2D eigenvalue weighted by molar-refractivity contribution is -0.119. The van der Waals surface area contributed by atoms with Crippen LogP contribution in [0.4, 0.5) is 5.69 Å². The molecule has 0 spiro atoms. The van der Waals surface area contributed by atoms with Crippen molar-refractivity contribution in [2.75, 3.05) is 42.9 Å². The van der Waals surface area contributed by atoms with Crippen LogP contribution in [0, 0.1) is 0 Å². The molecule has 1 N–H and O–H groups in total. The fourth-order valence-corrected chi connectivity index (χ4v) is 5.18. The number of hydrogen-bond donors (Lipinski definition) is 1. The Morgan fingerprint density at radius 3 is 2.52 bits per heavy atom. The lowest BCUT2D eigenvalue weighted by Gasteiger charge is -2.25. The second-order valence-electron chi connectivity index (χ2n) is 8.32. The highest BCUT2D eigenvalue weighted by molar-refractivity contribution is 7.92. The van der Waals surface area contributed by atoms with Gasteiger partial charge in [0.1, 0.15) is 19.8 Å². The van der Waals surface area contributed by atoms with Gasteiger partial charge in [-0.05, 0) is 56.1 Å². The summed E-state index contributed by atoms with van der Waals surface area (Å²) < 4.78 is 37.7. The second kappa shape index (κ2) is 10.4. The van der Waals surface area contributed by atoms with E-state index >= 15 is 0 Å². The van der Waals surface area contributed by atoms with Crippen molar-refractivity contribution < 1.29 is 22.7 Å². The third kappa shape index (κ3) is 5.97. The van der Waals surface area contributed by atoms with E-state index in [0.29, 0.717) is 36.9 Å². The fourth-order valence-electron chi connectivity index (χ4n) is 4.12. The van der Waals surface area contributed by atoms with Crippen LogP contribution in [0.5, 0.6) is 11.5 Å². The largest absolute Gasteiger partial charge is 0.486 e. The maximum absolute atomic E-state index is 12.8. The molecule has 1 saturated heterocycles. The molecule has 0 aromatic heterocycles. The zero-order valence-electron chi connectivity index (χ0n) is 19.0. The van der Waals surface area contributed by atoms with Crippen molar-refractivity contribution in [1.29, 1.82) is 0 Å². The van der Waals surface area contributed by atoms with Gasteiger partial charge in [0, 0.05) is 19.2 Å². The van der Waals surface area contributed by atoms with Crippen molar-refractivity contribution in [3.63, 3.8) is 0 Å². The molecule has 1 fully saturated rings. The molecule has 9 heteroatoms. The second-order valence-corrected chi connectivity index (χ2v) is 10.5. The van der Waals surface area contributed by atoms with Crippen LogP contribution in [0.1, 0.15) is 30.9 Å². The molecule has 0 saturated carbocycles. The molecule has 0 atom stereocenters. The molecule has 2 aromatic carbocycles. The van der Waals surface area contributed by atoms with E-state index in [9.17, 15) is 13.2 Å². The number of nitrogens with one attached hydrogen (secondary N) is 1. The van der Waals surface area contributed by atoms with Crippen molar-refractivity contribution in [3.8, 4) is 11.5 Å². The molecule has 2 aliphatic rings. The molecule has 1 amide bonds. The van der Waals surface area contributed by atoms with E-state index in [1.54, 1.807) is 25.1 Å². The third-order valence-electron chi connectivity index (χ3n) is 5.89. The lowest BCUT2D eigenvalue weighted by atomic mass is 10.1. The molecule has 0 bridgehead atoms. The Kier molecular flexibility index (Phi) is 7.39. The molecule has 0 radical (unpaired) electrons. The molecule has 33 heavy (non-hydrogen) atoms. The number of likely N-dealkylation sites (tertiary alicyclic amines) is 1. The molecule has 4 rings (SSSR count). The minimum atomic E-state index is -3.67. The van der Waals surface area contributed by atoms with Gasteiger partial charge in [-0.15, -0.1) is 0 Å². The summed E-state index contributed by atoms with van der Waals surface area (Å²) in [6, 6.07) is 13.1. The van der Waals surface area contributed by atoms with Crippen molar-refractivity contribution >= 4 is 21.6 Å². The molecular formula is C24H31N3O5S. The Morgan fingerprint density at radius 2 is 1.76 bits per heavy atom. The van der Waals surface area contributed by atoms with Crippen molar-refractivity contribution in [1.82, 2.24) is 10.2 Å². The summed E-state index contributed by atoms with van der Waals surface area (Å²) in [4.78, 5) is 15.2. The molecule has 2 aliphatic heterocycles. The first-order valence-corrected chi connectivity index (χ1v) is 13.0. The van der Waals surface area contributed by atoms with Gasteiger partial charge >= 0.3 is 0 Å². The predicted molar refractivity (Wildman–Crippen MR) is 127 cm³/mol. The van der Waals surface area contributed by atoms with Gasteiger partial charge < -0.3 is 14.8 Å². The van der Waals surface area contributed by atoms with Crippen LogP contribution >= 0.6 is 0 Å². The minimum absolute atomic E-state index is 0.118. The number of nitrogens with zero attached hydrogens (tertiary/aromatic N) is 2. The molecule has 0 unspecified atom stereocenters. The number of carbonyl (C=O) groups is 1. The number of benzene rings is 2. The first kappa shape index (κ1) is 23.4. The lowest BCUT2D eigenvalue weighted by Crippen LogP contribution is -2.41. The summed E-state index contributed by atoms with van der Waals surface area (Å²) in [5.41, 5.74) is 2.59. The number of fused-ring (bicyclic) bond motifs is 1. The van der Waals surface area contributed by atoms with Crippen molar-refractivity contribution in [2.24, 2.45) is 0 Å². The van der Waals surface area contributed by atoms with Crippen LogP contribution in [0.3, 0.4) is 0 Å². The Bertz CT molecular complexity index is 1080. The fraction of sp³-hybridized carbons (Fsp3) is 0.458. The molecule has 2 heterocycles. The first-order valence-electron chi connectivity index (χ1n) is 11.4. The number of sulfonamides is 1. The van der Waals surface area contributed by atoms with E-state index in [1.165, 1.54) is 18.4 Å². The van der Waals surface area contributed by atoms with Crippen LogP contribution in [0.2, 0.25) is 0 Å². The Hall–Kier alpha value is -2.78. The van der Waals surface area contributed by atoms with E-state index in [0.717, 1.165) is 29.5 Å². The van der Waals surface area contributed by atoms with E-state index in [4.69, 9.17) is 9.47 Å². The van der Waals surface area contributed by atoms with Crippen LogP contribution in [-0.2, 0) is 27.9 Å². The van der Waals surface area contributed by atoms with Gasteiger partial charge in [-0.2, -0.15) is 0 Å². The maximum Gasteiger partial charge on any atom is 0.241 e. The number of carbonyl (C=O) groups excluding carboxylic acids is 1. The first-order chi connectivity index (χ1) is 15.9. The van der Waals surface area contributed by atoms with Gasteiger partial charge in [0.25, 0.3) is 0 Å². The SMILES string of the molecule is CCS(=O)(=O)N(CC(=O)NCc1cccc(CN2CCCC2)c1)c1ccc2c(c1)OCCO2. The number of hydrogen-bond acceptors (Lipinski definition) is 6. The van der Waals surface area contributed by atoms with Crippen LogP contribution in [0.15, 0.2) is 42.5 Å².